The zero-order valence-corrected chi connectivity index (χ0v) is 13.4. The van der Waals surface area contributed by atoms with Crippen LogP contribution in [0.2, 0.25) is 0 Å². The molecule has 1 aromatic carbocycles. The Morgan fingerprint density at radius 1 is 1.29 bits per heavy atom. The molecule has 0 aliphatic heterocycles. The van der Waals surface area contributed by atoms with Crippen LogP contribution in [0.3, 0.4) is 0 Å². The van der Waals surface area contributed by atoms with E-state index in [1.807, 2.05) is 0 Å². The van der Waals surface area contributed by atoms with Gasteiger partial charge in [0, 0.05) is 16.6 Å². The maximum Gasteiger partial charge on any atom is 0.252 e. The maximum atomic E-state index is 13.1. The van der Waals surface area contributed by atoms with Crippen LogP contribution in [0.25, 0.3) is 0 Å². The Labute approximate surface area is 132 Å². The minimum absolute atomic E-state index is 0.126. The van der Waals surface area contributed by atoms with Crippen LogP contribution >= 0.6 is 15.9 Å². The van der Waals surface area contributed by atoms with E-state index in [9.17, 15) is 9.18 Å². The van der Waals surface area contributed by atoms with Crippen molar-refractivity contribution in [2.75, 3.05) is 0 Å². The largest absolute Gasteiger partial charge is 0.349 e. The maximum absolute atomic E-state index is 13.1. The topological polar surface area (TPSA) is 55.1 Å². The first-order valence-electron chi connectivity index (χ1n) is 7.56. The van der Waals surface area contributed by atoms with Gasteiger partial charge in [0.15, 0.2) is 0 Å². The zero-order valence-electron chi connectivity index (χ0n) is 11.8. The summed E-state index contributed by atoms with van der Waals surface area (Å²) in [5, 5.41) is 3.17. The summed E-state index contributed by atoms with van der Waals surface area (Å²) < 4.78 is 13.6. The van der Waals surface area contributed by atoms with E-state index in [1.165, 1.54) is 24.6 Å². The molecule has 1 amide bonds. The van der Waals surface area contributed by atoms with Crippen molar-refractivity contribution in [3.63, 3.8) is 0 Å². The van der Waals surface area contributed by atoms with Crippen molar-refractivity contribution < 1.29 is 9.18 Å². The van der Waals surface area contributed by atoms with Crippen LogP contribution in [0.4, 0.5) is 4.39 Å². The van der Waals surface area contributed by atoms with E-state index >= 15 is 0 Å². The second kappa shape index (κ2) is 6.05. The average Bonchev–Trinajstić information content (AvgIpc) is 2.39. The fourth-order valence-electron chi connectivity index (χ4n) is 3.93. The number of carbonyl (C=O) groups is 1. The minimum Gasteiger partial charge on any atom is -0.349 e. The molecule has 21 heavy (non-hydrogen) atoms. The number of rotatable bonds is 2. The molecule has 114 valence electrons. The van der Waals surface area contributed by atoms with E-state index in [1.54, 1.807) is 0 Å². The van der Waals surface area contributed by atoms with Crippen LogP contribution in [-0.4, -0.2) is 18.0 Å². The van der Waals surface area contributed by atoms with Gasteiger partial charge in [-0.3, -0.25) is 4.79 Å². The second-order valence-corrected chi connectivity index (χ2v) is 7.16. The van der Waals surface area contributed by atoms with E-state index in [-0.39, 0.29) is 23.8 Å². The molecular weight excluding hydrogens is 335 g/mol. The van der Waals surface area contributed by atoms with Gasteiger partial charge in [-0.1, -0.05) is 6.42 Å². The molecule has 0 heterocycles. The number of carbonyl (C=O) groups excluding carboxylic acids is 1. The molecule has 0 saturated heterocycles. The summed E-state index contributed by atoms with van der Waals surface area (Å²) in [5.41, 5.74) is 6.60. The fourth-order valence-corrected chi connectivity index (χ4v) is 4.46. The molecule has 2 bridgehead atoms. The molecule has 3 N–H and O–H groups in total. The summed E-state index contributed by atoms with van der Waals surface area (Å²) in [5.74, 6) is 0.490. The van der Waals surface area contributed by atoms with Crippen molar-refractivity contribution >= 4 is 21.8 Å². The van der Waals surface area contributed by atoms with Crippen LogP contribution in [-0.2, 0) is 0 Å². The smallest absolute Gasteiger partial charge is 0.252 e. The lowest BCUT2D eigenvalue weighted by atomic mass is 9.67. The second-order valence-electron chi connectivity index (χ2n) is 6.31. The van der Waals surface area contributed by atoms with Crippen molar-refractivity contribution in [3.8, 4) is 0 Å². The van der Waals surface area contributed by atoms with Gasteiger partial charge >= 0.3 is 0 Å². The Morgan fingerprint density at radius 3 is 2.57 bits per heavy atom. The summed E-state index contributed by atoms with van der Waals surface area (Å²) in [6.07, 6.45) is 5.49. The zero-order chi connectivity index (χ0) is 15.0. The molecule has 2 unspecified atom stereocenters. The summed E-state index contributed by atoms with van der Waals surface area (Å²) >= 11 is 3.26. The molecular formula is C16H20BrFN2O. The number of benzene rings is 1. The van der Waals surface area contributed by atoms with E-state index in [4.69, 9.17) is 5.73 Å². The summed E-state index contributed by atoms with van der Waals surface area (Å²) in [6.45, 7) is 0. The predicted molar refractivity (Wildman–Crippen MR) is 83.4 cm³/mol. The summed E-state index contributed by atoms with van der Waals surface area (Å²) in [7, 11) is 0. The van der Waals surface area contributed by atoms with Crippen LogP contribution in [0, 0.1) is 17.7 Å². The van der Waals surface area contributed by atoms with Gasteiger partial charge in [0.1, 0.15) is 5.82 Å². The quantitative estimate of drug-likeness (QED) is 0.856. The number of nitrogens with two attached hydrogens (primary N) is 1. The lowest BCUT2D eigenvalue weighted by Crippen LogP contribution is -2.53. The van der Waals surface area contributed by atoms with Gasteiger partial charge in [0.25, 0.3) is 5.91 Å². The fraction of sp³-hybridized carbons (Fsp3) is 0.562. The number of nitrogens with one attached hydrogen (secondary N) is 1. The standard InChI is InChI=1S/C16H20BrFN2O/c17-14-8-11(18)4-5-13(14)16(21)20-15-9-2-1-3-10(15)7-12(19)6-9/h4-5,8-10,12,15H,1-3,6-7,19H2,(H,20,21). The highest BCUT2D eigenvalue weighted by Gasteiger charge is 2.40. The van der Waals surface area contributed by atoms with Crippen molar-refractivity contribution in [3.05, 3.63) is 34.1 Å². The Balaban J connectivity index is 1.75. The molecule has 0 radical (unpaired) electrons. The van der Waals surface area contributed by atoms with Gasteiger partial charge in [-0.05, 0) is 71.6 Å². The van der Waals surface area contributed by atoms with Crippen LogP contribution in [0.15, 0.2) is 22.7 Å². The molecule has 5 heteroatoms. The third-order valence-electron chi connectivity index (χ3n) is 4.85. The molecule has 3 rings (SSSR count). The molecule has 1 aromatic rings. The first kappa shape index (κ1) is 15.0. The van der Waals surface area contributed by atoms with Crippen LogP contribution < -0.4 is 11.1 Å². The van der Waals surface area contributed by atoms with E-state index in [0.717, 1.165) is 25.7 Å². The first-order chi connectivity index (χ1) is 10.0. The van der Waals surface area contributed by atoms with Crippen molar-refractivity contribution in [1.82, 2.24) is 5.32 Å². The summed E-state index contributed by atoms with van der Waals surface area (Å²) in [6, 6.07) is 4.65. The number of hydrogen-bond acceptors (Lipinski definition) is 2. The van der Waals surface area contributed by atoms with Gasteiger partial charge in [-0.2, -0.15) is 0 Å². The highest BCUT2D eigenvalue weighted by Crippen LogP contribution is 2.39. The van der Waals surface area contributed by atoms with Crippen LogP contribution in [0.1, 0.15) is 42.5 Å². The van der Waals surface area contributed by atoms with Crippen molar-refractivity contribution in [2.45, 2.75) is 44.2 Å². The molecule has 2 fully saturated rings. The minimum atomic E-state index is -0.348. The molecule has 3 nitrogen and oxygen atoms in total. The molecule has 2 atom stereocenters. The number of amides is 1. The highest BCUT2D eigenvalue weighted by atomic mass is 79.9. The number of fused-ring (bicyclic) bond motifs is 2. The van der Waals surface area contributed by atoms with E-state index < -0.39 is 0 Å². The Bertz CT molecular complexity index is 537. The molecule has 0 aromatic heterocycles. The van der Waals surface area contributed by atoms with Crippen molar-refractivity contribution in [1.29, 1.82) is 0 Å². The molecule has 2 aliphatic carbocycles. The van der Waals surface area contributed by atoms with E-state index in [2.05, 4.69) is 21.2 Å². The molecule has 0 spiro atoms. The van der Waals surface area contributed by atoms with Gasteiger partial charge < -0.3 is 11.1 Å². The number of halogens is 2. The average molecular weight is 355 g/mol. The third kappa shape index (κ3) is 3.14. The normalized spacial score (nSPS) is 31.8. The van der Waals surface area contributed by atoms with Crippen LogP contribution in [0.5, 0.6) is 0 Å². The van der Waals surface area contributed by atoms with Crippen molar-refractivity contribution in [2.24, 2.45) is 17.6 Å². The Hall–Kier alpha value is -0.940. The predicted octanol–water partition coefficient (Wildman–Crippen LogP) is 3.22. The Morgan fingerprint density at radius 2 is 1.95 bits per heavy atom. The SMILES string of the molecule is NC1CC2CCCC(C1)C2NC(=O)c1ccc(F)cc1Br. The molecule has 2 aliphatic rings. The Kier molecular flexibility index (Phi) is 4.31. The van der Waals surface area contributed by atoms with Gasteiger partial charge in [-0.25, -0.2) is 4.39 Å². The van der Waals surface area contributed by atoms with Gasteiger partial charge in [-0.15, -0.1) is 0 Å². The number of hydrogen-bond donors (Lipinski definition) is 2. The lowest BCUT2D eigenvalue weighted by molar-refractivity contribution is 0.0755. The van der Waals surface area contributed by atoms with Gasteiger partial charge in [0.2, 0.25) is 0 Å². The first-order valence-corrected chi connectivity index (χ1v) is 8.35. The van der Waals surface area contributed by atoms with Gasteiger partial charge in [0.05, 0.1) is 5.56 Å². The summed E-state index contributed by atoms with van der Waals surface area (Å²) in [4.78, 5) is 12.5. The molecule has 2 saturated carbocycles. The third-order valence-corrected chi connectivity index (χ3v) is 5.51. The lowest BCUT2D eigenvalue weighted by Gasteiger charge is -2.45. The highest BCUT2D eigenvalue weighted by molar-refractivity contribution is 9.10. The van der Waals surface area contributed by atoms with E-state index in [0.29, 0.717) is 21.9 Å². The monoisotopic (exact) mass is 354 g/mol.